The first-order valence-electron chi connectivity index (χ1n) is 11.0. The fourth-order valence-corrected chi connectivity index (χ4v) is 6.40. The van der Waals surface area contributed by atoms with Crippen molar-refractivity contribution in [3.8, 4) is 0 Å². The molecule has 4 aliphatic carbocycles. The van der Waals surface area contributed by atoms with E-state index in [-0.39, 0.29) is 18.2 Å². The van der Waals surface area contributed by atoms with Crippen LogP contribution in [0.2, 0.25) is 0 Å². The number of hydrogen-bond acceptors (Lipinski definition) is 4. The number of aliphatic hydroxyl groups excluding tert-OH is 1. The largest absolute Gasteiger partial charge is 0.454 e. The van der Waals surface area contributed by atoms with Crippen molar-refractivity contribution in [2.24, 2.45) is 17.8 Å². The molecule has 4 bridgehead atoms. The maximum absolute atomic E-state index is 13.2. The van der Waals surface area contributed by atoms with Crippen molar-refractivity contribution in [3.63, 3.8) is 0 Å². The predicted octanol–water partition coefficient (Wildman–Crippen LogP) is 4.32. The lowest BCUT2D eigenvalue weighted by Gasteiger charge is -2.55. The van der Waals surface area contributed by atoms with E-state index in [0.29, 0.717) is 5.69 Å². The average Bonchev–Trinajstić information content (AvgIpc) is 3.03. The highest BCUT2D eigenvalue weighted by Crippen LogP contribution is 2.57. The fourth-order valence-electron chi connectivity index (χ4n) is 6.40. The van der Waals surface area contributed by atoms with Crippen molar-refractivity contribution in [1.82, 2.24) is 9.78 Å². The van der Waals surface area contributed by atoms with Crippen LogP contribution in [0.3, 0.4) is 0 Å². The predicted molar refractivity (Wildman–Crippen MR) is 107 cm³/mol. The van der Waals surface area contributed by atoms with Crippen molar-refractivity contribution >= 4 is 16.9 Å². The molecule has 4 fully saturated rings. The molecule has 0 atom stereocenters. The Hall–Kier alpha value is -1.88. The minimum atomic E-state index is -0.243. The molecule has 1 heterocycles. The summed E-state index contributed by atoms with van der Waals surface area (Å²) in [6, 6.07) is 7.95. The summed E-state index contributed by atoms with van der Waals surface area (Å²) >= 11 is 0. The number of aliphatic hydroxyl groups is 1. The van der Waals surface area contributed by atoms with Gasteiger partial charge in [0.2, 0.25) is 0 Å². The maximum Gasteiger partial charge on any atom is 0.360 e. The number of nitrogens with zero attached hydrogens (tertiary/aromatic N) is 2. The van der Waals surface area contributed by atoms with E-state index in [1.807, 2.05) is 28.9 Å². The van der Waals surface area contributed by atoms with Crippen molar-refractivity contribution in [2.45, 2.75) is 69.9 Å². The van der Waals surface area contributed by atoms with E-state index < -0.39 is 0 Å². The number of unbranched alkanes of at least 4 members (excludes halogenated alkanes) is 2. The molecule has 1 aromatic carbocycles. The Bertz CT molecular complexity index is 837. The molecule has 0 amide bonds. The Morgan fingerprint density at radius 3 is 2.43 bits per heavy atom. The highest BCUT2D eigenvalue weighted by molar-refractivity contribution is 6.02. The molecule has 4 saturated carbocycles. The number of hydrogen-bond donors (Lipinski definition) is 1. The van der Waals surface area contributed by atoms with Gasteiger partial charge < -0.3 is 9.84 Å². The third-order valence-electron chi connectivity index (χ3n) is 7.17. The van der Waals surface area contributed by atoms with Crippen LogP contribution in [0.1, 0.15) is 68.3 Å². The number of aryl methyl sites for hydroxylation is 1. The zero-order valence-corrected chi connectivity index (χ0v) is 16.5. The number of rotatable bonds is 7. The summed E-state index contributed by atoms with van der Waals surface area (Å²) in [6.07, 6.45) is 9.85. The van der Waals surface area contributed by atoms with Gasteiger partial charge in [-0.1, -0.05) is 18.2 Å². The van der Waals surface area contributed by atoms with Crippen LogP contribution in [-0.4, -0.2) is 33.1 Å². The molecular weight excluding hydrogens is 352 g/mol. The summed E-state index contributed by atoms with van der Waals surface area (Å²) in [6.45, 7) is 0.980. The molecule has 5 nitrogen and oxygen atoms in total. The van der Waals surface area contributed by atoms with Gasteiger partial charge in [-0.05, 0) is 81.6 Å². The first-order valence-corrected chi connectivity index (χ1v) is 11.0. The summed E-state index contributed by atoms with van der Waals surface area (Å²) in [4.78, 5) is 13.2. The van der Waals surface area contributed by atoms with Crippen molar-refractivity contribution in [1.29, 1.82) is 0 Å². The monoisotopic (exact) mass is 382 g/mol. The van der Waals surface area contributed by atoms with Gasteiger partial charge in [-0.3, -0.25) is 4.68 Å². The van der Waals surface area contributed by atoms with Gasteiger partial charge in [0.25, 0.3) is 0 Å². The Morgan fingerprint density at radius 1 is 1.07 bits per heavy atom. The zero-order chi connectivity index (χ0) is 19.1. The van der Waals surface area contributed by atoms with E-state index in [9.17, 15) is 4.79 Å². The summed E-state index contributed by atoms with van der Waals surface area (Å²) < 4.78 is 8.19. The molecule has 0 spiro atoms. The molecule has 5 heteroatoms. The molecule has 1 N–H and O–H groups in total. The first kappa shape index (κ1) is 18.2. The van der Waals surface area contributed by atoms with Crippen LogP contribution in [0.5, 0.6) is 0 Å². The van der Waals surface area contributed by atoms with E-state index in [0.717, 1.165) is 73.7 Å². The van der Waals surface area contributed by atoms with E-state index >= 15 is 0 Å². The maximum atomic E-state index is 13.2. The molecule has 0 saturated heterocycles. The summed E-state index contributed by atoms with van der Waals surface area (Å²) in [5.41, 5.74) is 1.22. The lowest BCUT2D eigenvalue weighted by atomic mass is 9.54. The zero-order valence-electron chi connectivity index (χ0n) is 16.5. The number of ether oxygens (including phenoxy) is 1. The number of aromatic nitrogens is 2. The molecule has 1 aromatic heterocycles. The molecular formula is C23H30N2O3. The van der Waals surface area contributed by atoms with Gasteiger partial charge in [0, 0.05) is 18.5 Å². The van der Waals surface area contributed by atoms with Crippen LogP contribution in [0, 0.1) is 17.8 Å². The first-order chi connectivity index (χ1) is 13.7. The number of carbonyl (C=O) groups excluding carboxylic acids is 1. The minimum absolute atomic E-state index is 0.225. The summed E-state index contributed by atoms with van der Waals surface area (Å²) in [5, 5.41) is 14.5. The number of benzene rings is 1. The van der Waals surface area contributed by atoms with Crippen LogP contribution in [0.25, 0.3) is 10.9 Å². The summed E-state index contributed by atoms with van der Waals surface area (Å²) in [7, 11) is 0. The molecule has 4 aliphatic rings. The Balaban J connectivity index is 1.37. The van der Waals surface area contributed by atoms with Gasteiger partial charge in [-0.2, -0.15) is 5.10 Å². The van der Waals surface area contributed by atoms with E-state index in [4.69, 9.17) is 9.84 Å². The van der Waals surface area contributed by atoms with Crippen molar-refractivity contribution in [3.05, 3.63) is 30.0 Å². The van der Waals surface area contributed by atoms with Gasteiger partial charge >= 0.3 is 5.97 Å². The third kappa shape index (κ3) is 3.24. The Morgan fingerprint density at radius 2 is 1.75 bits per heavy atom. The van der Waals surface area contributed by atoms with Gasteiger partial charge in [0.05, 0.1) is 5.52 Å². The van der Waals surface area contributed by atoms with Gasteiger partial charge in [0.1, 0.15) is 5.60 Å². The van der Waals surface area contributed by atoms with Crippen LogP contribution >= 0.6 is 0 Å². The van der Waals surface area contributed by atoms with Crippen molar-refractivity contribution in [2.75, 3.05) is 6.61 Å². The van der Waals surface area contributed by atoms with E-state index in [1.165, 1.54) is 19.3 Å². The second-order valence-electron chi connectivity index (χ2n) is 9.36. The molecule has 0 unspecified atom stereocenters. The fraction of sp³-hybridized carbons (Fsp3) is 0.652. The van der Waals surface area contributed by atoms with Crippen LogP contribution in [-0.2, 0) is 11.3 Å². The van der Waals surface area contributed by atoms with Gasteiger partial charge in [0.15, 0.2) is 5.69 Å². The second-order valence-corrected chi connectivity index (χ2v) is 9.36. The number of para-hydroxylation sites is 1. The van der Waals surface area contributed by atoms with E-state index in [1.54, 1.807) is 0 Å². The lowest BCUT2D eigenvalue weighted by molar-refractivity contribution is -0.131. The normalized spacial score (nSPS) is 30.8. The molecule has 0 aliphatic heterocycles. The highest BCUT2D eigenvalue weighted by Gasteiger charge is 2.53. The SMILES string of the molecule is O=C(OC12CC3CC(CC(C3)C1)C2)c1nn(CCCCCO)c2ccccc12. The van der Waals surface area contributed by atoms with Crippen LogP contribution < -0.4 is 0 Å². The second kappa shape index (κ2) is 7.18. The quantitative estimate of drug-likeness (QED) is 0.572. The van der Waals surface area contributed by atoms with Crippen LogP contribution in [0.15, 0.2) is 24.3 Å². The van der Waals surface area contributed by atoms with Crippen LogP contribution in [0.4, 0.5) is 0 Å². The molecule has 2 aromatic rings. The standard InChI is InChI=1S/C23H30N2O3/c26-9-5-1-4-8-25-20-7-3-2-6-19(20)21(24-25)22(27)28-23-13-16-10-17(14-23)12-18(11-16)15-23/h2-3,6-7,16-18,26H,1,4-5,8-15H2. The highest BCUT2D eigenvalue weighted by atomic mass is 16.6. The lowest BCUT2D eigenvalue weighted by Crippen LogP contribution is -2.52. The molecule has 28 heavy (non-hydrogen) atoms. The van der Waals surface area contributed by atoms with Gasteiger partial charge in [-0.25, -0.2) is 4.79 Å². The summed E-state index contributed by atoms with van der Waals surface area (Å²) in [5.74, 6) is 2.01. The number of carbonyl (C=O) groups is 1. The Labute approximate surface area is 166 Å². The van der Waals surface area contributed by atoms with Crippen molar-refractivity contribution < 1.29 is 14.6 Å². The number of esters is 1. The van der Waals surface area contributed by atoms with Gasteiger partial charge in [-0.15, -0.1) is 0 Å². The smallest absolute Gasteiger partial charge is 0.360 e. The topological polar surface area (TPSA) is 64.3 Å². The van der Waals surface area contributed by atoms with E-state index in [2.05, 4.69) is 5.10 Å². The molecule has 6 rings (SSSR count). The number of fused-ring (bicyclic) bond motifs is 1. The molecule has 0 radical (unpaired) electrons. The molecule has 150 valence electrons. The Kier molecular flexibility index (Phi) is 4.66. The third-order valence-corrected chi connectivity index (χ3v) is 7.17. The minimum Gasteiger partial charge on any atom is -0.454 e. The average molecular weight is 383 g/mol.